The minimum Gasteiger partial charge on any atom is -0.378 e. The van der Waals surface area contributed by atoms with Crippen LogP contribution >= 0.6 is 0 Å². The highest BCUT2D eigenvalue weighted by atomic mass is 16.3. The topological polar surface area (TPSA) is 23.5 Å². The molecule has 0 aliphatic carbocycles. The predicted molar refractivity (Wildman–Crippen MR) is 82.0 cm³/mol. The van der Waals surface area contributed by atoms with E-state index in [9.17, 15) is 5.11 Å². The zero-order chi connectivity index (χ0) is 14.1. The van der Waals surface area contributed by atoms with Gasteiger partial charge in [0.05, 0.1) is 6.04 Å². The molecule has 1 aliphatic heterocycles. The molecule has 1 N–H and O–H groups in total. The van der Waals surface area contributed by atoms with Crippen LogP contribution < -0.4 is 0 Å². The van der Waals surface area contributed by atoms with E-state index in [2.05, 4.69) is 23.7 Å². The van der Waals surface area contributed by atoms with E-state index < -0.39 is 5.60 Å². The summed E-state index contributed by atoms with van der Waals surface area (Å²) in [7, 11) is 0. The average molecular weight is 265 g/mol. The Morgan fingerprint density at radius 1 is 1.11 bits per heavy atom. The summed E-state index contributed by atoms with van der Waals surface area (Å²) >= 11 is 0. The van der Waals surface area contributed by atoms with Crippen LogP contribution in [0.3, 0.4) is 0 Å². The molecule has 1 saturated heterocycles. The van der Waals surface area contributed by atoms with Gasteiger partial charge in [0.15, 0.2) is 0 Å². The molecule has 0 saturated carbocycles. The Hall–Kier alpha value is -0.520. The fourth-order valence-electron chi connectivity index (χ4n) is 2.60. The normalized spacial score (nSPS) is 18.1. The van der Waals surface area contributed by atoms with Gasteiger partial charge in [-0.05, 0) is 46.2 Å². The first kappa shape index (κ1) is 16.5. The molecule has 1 aliphatic rings. The molecule has 0 aromatic rings. The maximum Gasteiger partial charge on any atom is 0.120 e. The Bertz CT molecular complexity index is 289. The summed E-state index contributed by atoms with van der Waals surface area (Å²) in [6.07, 6.45) is 10.4. The Kier molecular flexibility index (Phi) is 7.49. The van der Waals surface area contributed by atoms with Crippen LogP contribution in [-0.4, -0.2) is 34.7 Å². The number of hydrogen-bond acceptors (Lipinski definition) is 2. The van der Waals surface area contributed by atoms with E-state index in [1.54, 1.807) is 13.8 Å². The van der Waals surface area contributed by atoms with Crippen molar-refractivity contribution in [3.05, 3.63) is 0 Å². The van der Waals surface area contributed by atoms with Gasteiger partial charge in [0.1, 0.15) is 5.60 Å². The minimum absolute atomic E-state index is 0.357. The Morgan fingerprint density at radius 3 is 2.32 bits per heavy atom. The maximum atomic E-state index is 9.76. The highest BCUT2D eigenvalue weighted by Crippen LogP contribution is 2.17. The van der Waals surface area contributed by atoms with E-state index in [0.717, 1.165) is 6.42 Å². The van der Waals surface area contributed by atoms with Crippen molar-refractivity contribution in [2.45, 2.75) is 83.8 Å². The monoisotopic (exact) mass is 265 g/mol. The highest BCUT2D eigenvalue weighted by molar-refractivity contribution is 5.15. The molecule has 0 aromatic heterocycles. The van der Waals surface area contributed by atoms with Gasteiger partial charge in [0.25, 0.3) is 0 Å². The first-order valence-electron chi connectivity index (χ1n) is 8.02. The van der Waals surface area contributed by atoms with Gasteiger partial charge < -0.3 is 5.11 Å². The van der Waals surface area contributed by atoms with Crippen LogP contribution in [0, 0.1) is 11.8 Å². The summed E-state index contributed by atoms with van der Waals surface area (Å²) in [6.45, 7) is 8.15. The summed E-state index contributed by atoms with van der Waals surface area (Å²) in [4.78, 5) is 2.50. The van der Waals surface area contributed by atoms with E-state index >= 15 is 0 Å². The molecule has 1 fully saturated rings. The van der Waals surface area contributed by atoms with Gasteiger partial charge in [-0.1, -0.05) is 50.9 Å². The van der Waals surface area contributed by atoms with E-state index in [1.165, 1.54) is 58.0 Å². The lowest BCUT2D eigenvalue weighted by Crippen LogP contribution is -2.32. The molecule has 1 atom stereocenters. The van der Waals surface area contributed by atoms with Gasteiger partial charge in [-0.15, -0.1) is 0 Å². The summed E-state index contributed by atoms with van der Waals surface area (Å²) in [5.74, 6) is 6.33. The number of likely N-dealkylation sites (tertiary alicyclic amines) is 1. The van der Waals surface area contributed by atoms with E-state index in [-0.39, 0.29) is 0 Å². The first-order valence-corrected chi connectivity index (χ1v) is 8.02. The average Bonchev–Trinajstić information content (AvgIpc) is 2.85. The van der Waals surface area contributed by atoms with Crippen LogP contribution in [0.15, 0.2) is 0 Å². The second kappa shape index (κ2) is 8.61. The van der Waals surface area contributed by atoms with Gasteiger partial charge in [-0.2, -0.15) is 0 Å². The summed E-state index contributed by atoms with van der Waals surface area (Å²) in [5, 5.41) is 9.76. The fourth-order valence-corrected chi connectivity index (χ4v) is 2.60. The van der Waals surface area contributed by atoms with Crippen molar-refractivity contribution < 1.29 is 5.11 Å². The molecule has 0 radical (unpaired) electrons. The Morgan fingerprint density at radius 2 is 1.74 bits per heavy atom. The van der Waals surface area contributed by atoms with Crippen molar-refractivity contribution in [3.8, 4) is 11.8 Å². The zero-order valence-corrected chi connectivity index (χ0v) is 13.0. The molecular weight excluding hydrogens is 234 g/mol. The van der Waals surface area contributed by atoms with Crippen molar-refractivity contribution >= 4 is 0 Å². The third-order valence-corrected chi connectivity index (χ3v) is 3.71. The smallest absolute Gasteiger partial charge is 0.120 e. The molecule has 0 spiro atoms. The van der Waals surface area contributed by atoms with Gasteiger partial charge in [-0.25, -0.2) is 0 Å². The Labute approximate surface area is 119 Å². The van der Waals surface area contributed by atoms with Crippen LogP contribution in [0.25, 0.3) is 0 Å². The van der Waals surface area contributed by atoms with E-state index in [0.29, 0.717) is 6.04 Å². The molecular formula is C17H31NO. The minimum atomic E-state index is -0.861. The number of rotatable bonds is 7. The SMILES string of the molecule is CCCCCCC[C@@H](C#CC(C)(C)O)N1CCCC1. The lowest BCUT2D eigenvalue weighted by Gasteiger charge is -2.23. The summed E-state index contributed by atoms with van der Waals surface area (Å²) in [5.41, 5.74) is -0.861. The summed E-state index contributed by atoms with van der Waals surface area (Å²) in [6, 6.07) is 0.357. The molecule has 2 nitrogen and oxygen atoms in total. The van der Waals surface area contributed by atoms with Gasteiger partial charge in [-0.3, -0.25) is 4.90 Å². The second-order valence-corrected chi connectivity index (χ2v) is 6.29. The van der Waals surface area contributed by atoms with E-state index in [4.69, 9.17) is 0 Å². The van der Waals surface area contributed by atoms with Gasteiger partial charge in [0.2, 0.25) is 0 Å². The van der Waals surface area contributed by atoms with Crippen molar-refractivity contribution in [2.75, 3.05) is 13.1 Å². The lowest BCUT2D eigenvalue weighted by atomic mass is 10.0. The molecule has 110 valence electrons. The van der Waals surface area contributed by atoms with Crippen molar-refractivity contribution in [1.29, 1.82) is 0 Å². The molecule has 0 bridgehead atoms. The Balaban J connectivity index is 2.42. The van der Waals surface area contributed by atoms with Crippen molar-refractivity contribution in [2.24, 2.45) is 0 Å². The van der Waals surface area contributed by atoms with Crippen LogP contribution in [-0.2, 0) is 0 Å². The maximum absolute atomic E-state index is 9.76. The number of aliphatic hydroxyl groups is 1. The quantitative estimate of drug-likeness (QED) is 0.562. The van der Waals surface area contributed by atoms with Crippen LogP contribution in [0.2, 0.25) is 0 Å². The molecule has 1 rings (SSSR count). The lowest BCUT2D eigenvalue weighted by molar-refractivity contribution is 0.143. The molecule has 0 unspecified atom stereocenters. The standard InChI is InChI=1S/C17H31NO/c1-4-5-6-7-8-11-16(12-13-17(2,3)19)18-14-9-10-15-18/h16,19H,4-11,14-15H2,1-3H3/t16-/m0/s1. The molecule has 1 heterocycles. The number of unbranched alkanes of at least 4 members (excludes halogenated alkanes) is 4. The third kappa shape index (κ3) is 7.60. The molecule has 19 heavy (non-hydrogen) atoms. The zero-order valence-electron chi connectivity index (χ0n) is 13.0. The van der Waals surface area contributed by atoms with Crippen molar-refractivity contribution in [1.82, 2.24) is 4.90 Å². The van der Waals surface area contributed by atoms with Gasteiger partial charge in [0, 0.05) is 0 Å². The van der Waals surface area contributed by atoms with Crippen molar-refractivity contribution in [3.63, 3.8) is 0 Å². The third-order valence-electron chi connectivity index (χ3n) is 3.71. The molecule has 0 amide bonds. The second-order valence-electron chi connectivity index (χ2n) is 6.29. The highest BCUT2D eigenvalue weighted by Gasteiger charge is 2.20. The molecule has 2 heteroatoms. The predicted octanol–water partition coefficient (Wildman–Crippen LogP) is 3.59. The van der Waals surface area contributed by atoms with Crippen LogP contribution in [0.1, 0.15) is 72.1 Å². The first-order chi connectivity index (χ1) is 9.03. The summed E-state index contributed by atoms with van der Waals surface area (Å²) < 4.78 is 0. The number of hydrogen-bond donors (Lipinski definition) is 1. The fraction of sp³-hybridized carbons (Fsp3) is 0.882. The van der Waals surface area contributed by atoms with Crippen LogP contribution in [0.4, 0.5) is 0 Å². The molecule has 0 aromatic carbocycles. The van der Waals surface area contributed by atoms with Crippen LogP contribution in [0.5, 0.6) is 0 Å². The largest absolute Gasteiger partial charge is 0.378 e. The number of nitrogens with zero attached hydrogens (tertiary/aromatic N) is 1. The van der Waals surface area contributed by atoms with Gasteiger partial charge >= 0.3 is 0 Å². The van der Waals surface area contributed by atoms with E-state index in [1.807, 2.05) is 0 Å².